The molecular formula is C17H24N4O3. The fraction of sp³-hybridized carbons (Fsp3) is 0.588. The molecule has 1 aromatic carbocycles. The molecule has 24 heavy (non-hydrogen) atoms. The molecule has 0 aliphatic carbocycles. The van der Waals surface area contributed by atoms with Crippen LogP contribution in [0.25, 0.3) is 0 Å². The number of carbonyl (C=O) groups is 1. The summed E-state index contributed by atoms with van der Waals surface area (Å²) in [5.41, 5.74) is 0.487. The van der Waals surface area contributed by atoms with Gasteiger partial charge in [-0.25, -0.2) is 0 Å². The van der Waals surface area contributed by atoms with Crippen molar-refractivity contribution in [3.63, 3.8) is 0 Å². The summed E-state index contributed by atoms with van der Waals surface area (Å²) in [4.78, 5) is 25.2. The van der Waals surface area contributed by atoms with Gasteiger partial charge in [-0.2, -0.15) is 0 Å². The van der Waals surface area contributed by atoms with Gasteiger partial charge in [-0.15, -0.1) is 0 Å². The van der Waals surface area contributed by atoms with Gasteiger partial charge in [0.1, 0.15) is 5.69 Å². The van der Waals surface area contributed by atoms with Gasteiger partial charge in [0.05, 0.1) is 4.92 Å². The van der Waals surface area contributed by atoms with Crippen LogP contribution in [0, 0.1) is 10.1 Å². The van der Waals surface area contributed by atoms with Gasteiger partial charge in [0, 0.05) is 37.7 Å². The molecule has 2 atom stereocenters. The maximum atomic E-state index is 12.2. The second-order valence-corrected chi connectivity index (χ2v) is 6.51. The minimum atomic E-state index is -0.418. The van der Waals surface area contributed by atoms with Crippen molar-refractivity contribution in [1.29, 1.82) is 0 Å². The summed E-state index contributed by atoms with van der Waals surface area (Å²) in [5.74, 6) is 0.0125. The molecule has 0 unspecified atom stereocenters. The number of piperidine rings is 1. The number of nitro groups is 1. The van der Waals surface area contributed by atoms with E-state index < -0.39 is 4.92 Å². The zero-order valence-electron chi connectivity index (χ0n) is 13.7. The molecule has 7 heteroatoms. The molecule has 2 saturated heterocycles. The van der Waals surface area contributed by atoms with E-state index in [0.29, 0.717) is 24.7 Å². The number of nitro benzene ring substituents is 1. The van der Waals surface area contributed by atoms with E-state index in [-0.39, 0.29) is 17.6 Å². The summed E-state index contributed by atoms with van der Waals surface area (Å²) < 4.78 is 0. The smallest absolute Gasteiger partial charge is 0.292 e. The second kappa shape index (κ2) is 7.61. The first-order chi connectivity index (χ1) is 11.6. The van der Waals surface area contributed by atoms with Crippen LogP contribution < -0.4 is 10.6 Å². The molecule has 1 aromatic rings. The predicted octanol–water partition coefficient (Wildman–Crippen LogP) is 2.14. The summed E-state index contributed by atoms with van der Waals surface area (Å²) in [6, 6.07) is 7.23. The number of nitrogens with one attached hydrogen (secondary N) is 2. The van der Waals surface area contributed by atoms with E-state index in [4.69, 9.17) is 0 Å². The molecule has 2 aliphatic rings. The van der Waals surface area contributed by atoms with Crippen molar-refractivity contribution in [2.75, 3.05) is 25.0 Å². The van der Waals surface area contributed by atoms with E-state index >= 15 is 0 Å². The molecular weight excluding hydrogens is 308 g/mol. The fourth-order valence-electron chi connectivity index (χ4n) is 3.79. The van der Waals surface area contributed by atoms with Crippen LogP contribution in [0.4, 0.5) is 11.4 Å². The van der Waals surface area contributed by atoms with Gasteiger partial charge in [-0.3, -0.25) is 19.8 Å². The monoisotopic (exact) mass is 332 g/mol. The minimum absolute atomic E-state index is 0.0125. The van der Waals surface area contributed by atoms with E-state index in [2.05, 4.69) is 15.5 Å². The zero-order chi connectivity index (χ0) is 16.9. The first kappa shape index (κ1) is 16.7. The SMILES string of the molecule is O=C(CCNc1ccccc1[N+](=O)[O-])N[C@@H]1CCN2CCCC[C@@H]12. The lowest BCUT2D eigenvalue weighted by Gasteiger charge is -2.32. The Morgan fingerprint density at radius 2 is 2.08 bits per heavy atom. The topological polar surface area (TPSA) is 87.5 Å². The van der Waals surface area contributed by atoms with Crippen molar-refractivity contribution in [3.05, 3.63) is 34.4 Å². The molecule has 0 spiro atoms. The highest BCUT2D eigenvalue weighted by atomic mass is 16.6. The van der Waals surface area contributed by atoms with Crippen molar-refractivity contribution in [2.24, 2.45) is 0 Å². The van der Waals surface area contributed by atoms with E-state index in [1.807, 2.05) is 0 Å². The van der Waals surface area contributed by atoms with E-state index in [1.54, 1.807) is 18.2 Å². The lowest BCUT2D eigenvalue weighted by atomic mass is 9.99. The summed E-state index contributed by atoms with van der Waals surface area (Å²) in [7, 11) is 0. The summed E-state index contributed by atoms with van der Waals surface area (Å²) >= 11 is 0. The highest BCUT2D eigenvalue weighted by Gasteiger charge is 2.35. The van der Waals surface area contributed by atoms with Crippen molar-refractivity contribution >= 4 is 17.3 Å². The van der Waals surface area contributed by atoms with Crippen LogP contribution in [-0.4, -0.2) is 47.4 Å². The average Bonchev–Trinajstić information content (AvgIpc) is 2.98. The van der Waals surface area contributed by atoms with E-state index in [1.165, 1.54) is 25.3 Å². The van der Waals surface area contributed by atoms with Crippen molar-refractivity contribution in [1.82, 2.24) is 10.2 Å². The zero-order valence-corrected chi connectivity index (χ0v) is 13.7. The Bertz CT molecular complexity index is 607. The molecule has 3 rings (SSSR count). The fourth-order valence-corrected chi connectivity index (χ4v) is 3.79. The van der Waals surface area contributed by atoms with Gasteiger partial charge in [-0.1, -0.05) is 18.6 Å². The molecule has 0 radical (unpaired) electrons. The number of nitrogens with zero attached hydrogens (tertiary/aromatic N) is 2. The Morgan fingerprint density at radius 3 is 2.92 bits per heavy atom. The number of fused-ring (bicyclic) bond motifs is 1. The molecule has 1 amide bonds. The van der Waals surface area contributed by atoms with Crippen LogP contribution in [0.3, 0.4) is 0 Å². The molecule has 2 fully saturated rings. The Kier molecular flexibility index (Phi) is 5.30. The molecule has 130 valence electrons. The second-order valence-electron chi connectivity index (χ2n) is 6.51. The van der Waals surface area contributed by atoms with Crippen LogP contribution in [0.5, 0.6) is 0 Å². The lowest BCUT2D eigenvalue weighted by molar-refractivity contribution is -0.384. The Balaban J connectivity index is 1.46. The average molecular weight is 332 g/mol. The maximum Gasteiger partial charge on any atom is 0.292 e. The van der Waals surface area contributed by atoms with Crippen molar-refractivity contribution in [3.8, 4) is 0 Å². The number of rotatable bonds is 6. The molecule has 2 aliphatic heterocycles. The van der Waals surface area contributed by atoms with Gasteiger partial charge in [0.25, 0.3) is 5.69 Å². The van der Waals surface area contributed by atoms with Crippen molar-refractivity contribution < 1.29 is 9.72 Å². The first-order valence-electron chi connectivity index (χ1n) is 8.66. The highest BCUT2D eigenvalue weighted by molar-refractivity contribution is 5.77. The Morgan fingerprint density at radius 1 is 1.25 bits per heavy atom. The number of anilines is 1. The number of carbonyl (C=O) groups excluding carboxylic acids is 1. The molecule has 0 saturated carbocycles. The molecule has 0 aromatic heterocycles. The van der Waals surface area contributed by atoms with Gasteiger partial charge in [0.2, 0.25) is 5.91 Å². The molecule has 2 N–H and O–H groups in total. The summed E-state index contributed by atoms with van der Waals surface area (Å²) in [6.07, 6.45) is 5.01. The quantitative estimate of drug-likeness (QED) is 0.615. The number of benzene rings is 1. The van der Waals surface area contributed by atoms with Crippen LogP contribution in [0.15, 0.2) is 24.3 Å². The molecule has 0 bridgehead atoms. The lowest BCUT2D eigenvalue weighted by Crippen LogP contribution is -2.47. The van der Waals surface area contributed by atoms with Gasteiger partial charge >= 0.3 is 0 Å². The van der Waals surface area contributed by atoms with Crippen molar-refractivity contribution in [2.45, 2.75) is 44.2 Å². The Labute approximate surface area is 141 Å². The number of para-hydroxylation sites is 2. The minimum Gasteiger partial charge on any atom is -0.379 e. The highest BCUT2D eigenvalue weighted by Crippen LogP contribution is 2.27. The standard InChI is InChI=1S/C17H24N4O3/c22-17(19-14-9-12-20-11-4-3-6-15(14)20)8-10-18-13-5-1-2-7-16(13)21(23)24/h1-2,5,7,14-15,18H,3-4,6,8-12H2,(H,19,22)/t14-,15+/m1/s1. The predicted molar refractivity (Wildman–Crippen MR) is 92.0 cm³/mol. The van der Waals surface area contributed by atoms with Gasteiger partial charge in [-0.05, 0) is 31.9 Å². The van der Waals surface area contributed by atoms with Crippen LogP contribution in [0.2, 0.25) is 0 Å². The number of amides is 1. The number of hydrogen-bond donors (Lipinski definition) is 2. The van der Waals surface area contributed by atoms with Gasteiger partial charge < -0.3 is 10.6 Å². The largest absolute Gasteiger partial charge is 0.379 e. The third kappa shape index (κ3) is 3.84. The van der Waals surface area contributed by atoms with E-state index in [9.17, 15) is 14.9 Å². The Hall–Kier alpha value is -2.15. The maximum absolute atomic E-state index is 12.2. The third-order valence-electron chi connectivity index (χ3n) is 4.97. The normalized spacial score (nSPS) is 23.5. The summed E-state index contributed by atoms with van der Waals surface area (Å²) in [5, 5.41) is 17.1. The summed E-state index contributed by atoms with van der Waals surface area (Å²) in [6.45, 7) is 2.61. The molecule has 7 nitrogen and oxygen atoms in total. The number of hydrogen-bond acceptors (Lipinski definition) is 5. The van der Waals surface area contributed by atoms with Crippen LogP contribution in [0.1, 0.15) is 32.1 Å². The third-order valence-corrected chi connectivity index (χ3v) is 4.97. The van der Waals surface area contributed by atoms with Crippen LogP contribution in [-0.2, 0) is 4.79 Å². The van der Waals surface area contributed by atoms with Gasteiger partial charge in [0.15, 0.2) is 0 Å². The van der Waals surface area contributed by atoms with E-state index in [0.717, 1.165) is 19.5 Å². The van der Waals surface area contributed by atoms with Crippen LogP contribution >= 0.6 is 0 Å². The molecule has 2 heterocycles. The first-order valence-corrected chi connectivity index (χ1v) is 8.66.